The van der Waals surface area contributed by atoms with Gasteiger partial charge in [0.05, 0.1) is 18.1 Å². The number of nitrogens with one attached hydrogen (secondary N) is 1. The summed E-state index contributed by atoms with van der Waals surface area (Å²) < 4.78 is 5.15. The van der Waals surface area contributed by atoms with Crippen LogP contribution in [0.1, 0.15) is 40.0 Å². The van der Waals surface area contributed by atoms with Crippen molar-refractivity contribution in [3.05, 3.63) is 0 Å². The first-order valence-corrected chi connectivity index (χ1v) is 5.37. The molecule has 1 amide bonds. The fourth-order valence-corrected chi connectivity index (χ4v) is 1.15. The Bertz CT molecular complexity index is 190. The number of methoxy groups -OCH3 is 1. The van der Waals surface area contributed by atoms with Crippen LogP contribution in [0, 0.1) is 0 Å². The monoisotopic (exact) mass is 217 g/mol. The normalized spacial score (nSPS) is 13.7. The Labute approximate surface area is 92.0 Å². The lowest BCUT2D eigenvalue weighted by molar-refractivity contribution is -0.126. The van der Waals surface area contributed by atoms with E-state index >= 15 is 0 Å². The molecule has 0 aliphatic heterocycles. The van der Waals surface area contributed by atoms with E-state index < -0.39 is 5.60 Å². The van der Waals surface area contributed by atoms with Crippen LogP contribution in [0.15, 0.2) is 0 Å². The van der Waals surface area contributed by atoms with Gasteiger partial charge in [-0.2, -0.15) is 0 Å². The Morgan fingerprint density at radius 2 is 2.13 bits per heavy atom. The maximum absolute atomic E-state index is 11.4. The van der Waals surface area contributed by atoms with Crippen molar-refractivity contribution in [1.29, 1.82) is 0 Å². The molecule has 1 atom stereocenters. The summed E-state index contributed by atoms with van der Waals surface area (Å²) in [5, 5.41) is 11.8. The predicted molar refractivity (Wildman–Crippen MR) is 59.6 cm³/mol. The Morgan fingerprint density at radius 3 is 2.60 bits per heavy atom. The van der Waals surface area contributed by atoms with Crippen LogP contribution in [-0.4, -0.2) is 36.4 Å². The highest BCUT2D eigenvalue weighted by atomic mass is 16.5. The van der Waals surface area contributed by atoms with E-state index in [2.05, 4.69) is 5.32 Å². The van der Waals surface area contributed by atoms with Gasteiger partial charge in [-0.25, -0.2) is 0 Å². The first-order chi connectivity index (χ1) is 6.87. The molecule has 0 spiro atoms. The highest BCUT2D eigenvalue weighted by Crippen LogP contribution is 2.12. The van der Waals surface area contributed by atoms with Crippen molar-refractivity contribution < 1.29 is 14.6 Å². The third-order valence-electron chi connectivity index (χ3n) is 2.26. The zero-order valence-corrected chi connectivity index (χ0v) is 10.2. The fraction of sp³-hybridized carbons (Fsp3) is 0.909. The van der Waals surface area contributed by atoms with Gasteiger partial charge >= 0.3 is 0 Å². The Kier molecular flexibility index (Phi) is 6.52. The van der Waals surface area contributed by atoms with Gasteiger partial charge in [-0.1, -0.05) is 0 Å². The number of rotatable bonds is 7. The van der Waals surface area contributed by atoms with Gasteiger partial charge < -0.3 is 15.2 Å². The second-order valence-corrected chi connectivity index (χ2v) is 4.48. The highest BCUT2D eigenvalue weighted by Gasteiger charge is 2.20. The molecule has 0 aromatic carbocycles. The molecule has 0 aromatic heterocycles. The van der Waals surface area contributed by atoms with Gasteiger partial charge in [-0.15, -0.1) is 0 Å². The number of carbonyl (C=O) groups excluding carboxylic acids is 1. The minimum Gasteiger partial charge on any atom is -0.393 e. The van der Waals surface area contributed by atoms with Gasteiger partial charge in [0.1, 0.15) is 0 Å². The van der Waals surface area contributed by atoms with Gasteiger partial charge in [0.25, 0.3) is 0 Å². The number of hydrogen-bond donors (Lipinski definition) is 2. The zero-order chi connectivity index (χ0) is 11.9. The molecule has 1 unspecified atom stereocenters. The molecule has 2 N–H and O–H groups in total. The van der Waals surface area contributed by atoms with Gasteiger partial charge in [0.15, 0.2) is 0 Å². The van der Waals surface area contributed by atoms with Crippen LogP contribution < -0.4 is 5.32 Å². The first-order valence-electron chi connectivity index (χ1n) is 5.37. The average molecular weight is 217 g/mol. The van der Waals surface area contributed by atoms with Crippen LogP contribution in [0.2, 0.25) is 0 Å². The third kappa shape index (κ3) is 8.39. The summed E-state index contributed by atoms with van der Waals surface area (Å²) in [6.07, 6.45) is 1.58. The van der Waals surface area contributed by atoms with E-state index in [1.165, 1.54) is 0 Å². The molecule has 0 saturated heterocycles. The van der Waals surface area contributed by atoms with E-state index in [0.717, 1.165) is 6.42 Å². The van der Waals surface area contributed by atoms with Crippen LogP contribution in [-0.2, 0) is 9.53 Å². The number of carbonyl (C=O) groups is 1. The summed E-state index contributed by atoms with van der Waals surface area (Å²) >= 11 is 0. The standard InChI is InChI=1S/C11H23NO3/c1-9(13)6-5-7-12-10(14)8-11(2,3)15-4/h9,13H,5-8H2,1-4H3,(H,12,14). The van der Waals surface area contributed by atoms with E-state index in [4.69, 9.17) is 9.84 Å². The number of aliphatic hydroxyl groups excluding tert-OH is 1. The molecule has 0 radical (unpaired) electrons. The lowest BCUT2D eigenvalue weighted by Crippen LogP contribution is -2.34. The lowest BCUT2D eigenvalue weighted by Gasteiger charge is -2.21. The Hall–Kier alpha value is -0.610. The Morgan fingerprint density at radius 1 is 1.53 bits per heavy atom. The predicted octanol–water partition coefficient (Wildman–Crippen LogP) is 1.08. The molecular weight excluding hydrogens is 194 g/mol. The zero-order valence-electron chi connectivity index (χ0n) is 10.2. The average Bonchev–Trinajstić information content (AvgIpc) is 2.11. The molecule has 4 heteroatoms. The van der Waals surface area contributed by atoms with Crippen LogP contribution >= 0.6 is 0 Å². The third-order valence-corrected chi connectivity index (χ3v) is 2.26. The summed E-state index contributed by atoms with van der Waals surface area (Å²) in [5.74, 6) is -0.00700. The molecule has 0 aliphatic rings. The SMILES string of the molecule is COC(C)(C)CC(=O)NCCCC(C)O. The van der Waals surface area contributed by atoms with Gasteiger partial charge in [-0.3, -0.25) is 4.79 Å². The van der Waals surface area contributed by atoms with Crippen LogP contribution in [0.3, 0.4) is 0 Å². The van der Waals surface area contributed by atoms with E-state index in [1.54, 1.807) is 14.0 Å². The van der Waals surface area contributed by atoms with Crippen molar-refractivity contribution in [2.45, 2.75) is 51.7 Å². The maximum Gasteiger partial charge on any atom is 0.222 e. The number of amides is 1. The van der Waals surface area contributed by atoms with Crippen molar-refractivity contribution in [2.75, 3.05) is 13.7 Å². The van der Waals surface area contributed by atoms with Crippen molar-refractivity contribution in [3.8, 4) is 0 Å². The van der Waals surface area contributed by atoms with Gasteiger partial charge in [0, 0.05) is 13.7 Å². The molecular formula is C11H23NO3. The molecule has 90 valence electrons. The maximum atomic E-state index is 11.4. The summed E-state index contributed by atoms with van der Waals surface area (Å²) in [6.45, 7) is 6.12. The van der Waals surface area contributed by atoms with E-state index in [1.807, 2.05) is 13.8 Å². The molecule has 0 bridgehead atoms. The molecule has 0 fully saturated rings. The quantitative estimate of drug-likeness (QED) is 0.627. The van der Waals surface area contributed by atoms with Crippen molar-refractivity contribution in [1.82, 2.24) is 5.32 Å². The van der Waals surface area contributed by atoms with Crippen LogP contribution in [0.25, 0.3) is 0 Å². The summed E-state index contributed by atoms with van der Waals surface area (Å²) in [4.78, 5) is 11.4. The van der Waals surface area contributed by atoms with Crippen molar-refractivity contribution in [3.63, 3.8) is 0 Å². The number of aliphatic hydroxyl groups is 1. The smallest absolute Gasteiger partial charge is 0.222 e. The topological polar surface area (TPSA) is 58.6 Å². The molecule has 0 aliphatic carbocycles. The van der Waals surface area contributed by atoms with Crippen molar-refractivity contribution in [2.24, 2.45) is 0 Å². The molecule has 15 heavy (non-hydrogen) atoms. The number of hydrogen-bond acceptors (Lipinski definition) is 3. The molecule has 0 aromatic rings. The first kappa shape index (κ1) is 14.4. The van der Waals surface area contributed by atoms with Gasteiger partial charge in [-0.05, 0) is 33.6 Å². The minimum atomic E-state index is -0.408. The van der Waals surface area contributed by atoms with E-state index in [9.17, 15) is 4.79 Å². The van der Waals surface area contributed by atoms with Crippen molar-refractivity contribution >= 4 is 5.91 Å². The summed E-state index contributed by atoms with van der Waals surface area (Å²) in [6, 6.07) is 0. The molecule has 0 rings (SSSR count). The Balaban J connectivity index is 3.58. The van der Waals surface area contributed by atoms with Gasteiger partial charge in [0.2, 0.25) is 5.91 Å². The fourth-order valence-electron chi connectivity index (χ4n) is 1.15. The lowest BCUT2D eigenvalue weighted by atomic mass is 10.0. The molecule has 0 heterocycles. The van der Waals surface area contributed by atoms with Crippen LogP contribution in [0.4, 0.5) is 0 Å². The number of ether oxygens (including phenoxy) is 1. The van der Waals surface area contributed by atoms with E-state index in [0.29, 0.717) is 19.4 Å². The summed E-state index contributed by atoms with van der Waals surface area (Å²) in [7, 11) is 1.60. The van der Waals surface area contributed by atoms with E-state index in [-0.39, 0.29) is 12.0 Å². The minimum absolute atomic E-state index is 0.00700. The molecule has 4 nitrogen and oxygen atoms in total. The second-order valence-electron chi connectivity index (χ2n) is 4.48. The highest BCUT2D eigenvalue weighted by molar-refractivity contribution is 5.76. The largest absolute Gasteiger partial charge is 0.393 e. The molecule has 0 saturated carbocycles. The summed E-state index contributed by atoms with van der Waals surface area (Å²) in [5.41, 5.74) is -0.408. The van der Waals surface area contributed by atoms with Crippen LogP contribution in [0.5, 0.6) is 0 Å². The second kappa shape index (κ2) is 6.80.